The van der Waals surface area contributed by atoms with E-state index in [0.29, 0.717) is 5.69 Å². The third-order valence-electron chi connectivity index (χ3n) is 2.07. The Morgan fingerprint density at radius 1 is 1.12 bits per heavy atom. The molecule has 0 aliphatic heterocycles. The first-order chi connectivity index (χ1) is 7.49. The van der Waals surface area contributed by atoms with Crippen molar-refractivity contribution in [3.63, 3.8) is 0 Å². The van der Waals surface area contributed by atoms with Crippen LogP contribution in [-0.2, 0) is 0 Å². The van der Waals surface area contributed by atoms with Crippen molar-refractivity contribution in [2.24, 2.45) is 0 Å². The third-order valence-corrected chi connectivity index (χ3v) is 2.07. The van der Waals surface area contributed by atoms with Crippen LogP contribution in [0.2, 0.25) is 0 Å². The van der Waals surface area contributed by atoms with Crippen LogP contribution in [0.4, 0.5) is 19.0 Å². The predicted molar refractivity (Wildman–Crippen MR) is 52.6 cm³/mol. The van der Waals surface area contributed by atoms with E-state index >= 15 is 0 Å². The van der Waals surface area contributed by atoms with Crippen molar-refractivity contribution in [1.29, 1.82) is 0 Å². The van der Waals surface area contributed by atoms with Gasteiger partial charge in [-0.3, -0.25) is 0 Å². The minimum Gasteiger partial charge on any atom is -0.384 e. The summed E-state index contributed by atoms with van der Waals surface area (Å²) in [5.74, 6) is -3.83. The van der Waals surface area contributed by atoms with E-state index in [1.54, 1.807) is 13.0 Å². The monoisotopic (exact) mass is 227 g/mol. The van der Waals surface area contributed by atoms with Crippen LogP contribution in [0, 0.1) is 24.4 Å². The van der Waals surface area contributed by atoms with Gasteiger partial charge in [0.2, 0.25) is 0 Å². The van der Waals surface area contributed by atoms with Gasteiger partial charge in [-0.1, -0.05) is 0 Å². The maximum atomic E-state index is 13.0. The molecule has 0 spiro atoms. The van der Waals surface area contributed by atoms with Gasteiger partial charge in [0.1, 0.15) is 5.82 Å². The Balaban J connectivity index is 2.61. The summed E-state index contributed by atoms with van der Waals surface area (Å²) in [5.41, 5.74) is 6.22. The number of hydrogen-bond donors (Lipinski definition) is 1. The second kappa shape index (κ2) is 3.55. The predicted octanol–water partition coefficient (Wildman–Crippen LogP) is 2.18. The van der Waals surface area contributed by atoms with Crippen molar-refractivity contribution in [3.05, 3.63) is 41.3 Å². The summed E-state index contributed by atoms with van der Waals surface area (Å²) in [5, 5.41) is 3.93. The Labute approximate surface area is 89.3 Å². The van der Waals surface area contributed by atoms with Crippen LogP contribution in [0.3, 0.4) is 0 Å². The molecule has 2 aromatic rings. The van der Waals surface area contributed by atoms with Gasteiger partial charge < -0.3 is 5.73 Å². The number of benzene rings is 1. The van der Waals surface area contributed by atoms with E-state index in [9.17, 15) is 13.2 Å². The first-order valence-corrected chi connectivity index (χ1v) is 4.46. The van der Waals surface area contributed by atoms with Crippen molar-refractivity contribution >= 4 is 5.82 Å². The molecule has 1 heterocycles. The molecule has 0 amide bonds. The number of nitrogens with two attached hydrogens (primary N) is 1. The summed E-state index contributed by atoms with van der Waals surface area (Å²) in [4.78, 5) is 0. The largest absolute Gasteiger partial charge is 0.384 e. The third kappa shape index (κ3) is 1.62. The van der Waals surface area contributed by atoms with Crippen molar-refractivity contribution in [2.45, 2.75) is 6.92 Å². The van der Waals surface area contributed by atoms with Gasteiger partial charge in [-0.05, 0) is 6.92 Å². The molecule has 0 bridgehead atoms. The number of rotatable bonds is 1. The molecule has 0 fully saturated rings. The molecule has 6 heteroatoms. The Hall–Kier alpha value is -1.98. The van der Waals surface area contributed by atoms with E-state index in [1.165, 1.54) is 0 Å². The molecule has 0 saturated heterocycles. The average molecular weight is 227 g/mol. The molecule has 2 rings (SSSR count). The first kappa shape index (κ1) is 10.5. The molecule has 1 aromatic carbocycles. The minimum atomic E-state index is -1.51. The van der Waals surface area contributed by atoms with E-state index in [4.69, 9.17) is 5.73 Å². The molecule has 0 aliphatic rings. The van der Waals surface area contributed by atoms with Crippen molar-refractivity contribution in [2.75, 3.05) is 5.73 Å². The summed E-state index contributed by atoms with van der Waals surface area (Å²) < 4.78 is 39.8. The fourth-order valence-corrected chi connectivity index (χ4v) is 1.39. The number of halogens is 3. The SMILES string of the molecule is Cc1cc(N)n(-c2cc(F)c(F)c(F)c2)n1. The van der Waals surface area contributed by atoms with Gasteiger partial charge in [-0.15, -0.1) is 0 Å². The zero-order valence-corrected chi connectivity index (χ0v) is 8.34. The van der Waals surface area contributed by atoms with Crippen LogP contribution in [0.15, 0.2) is 18.2 Å². The Morgan fingerprint density at radius 3 is 2.12 bits per heavy atom. The fourth-order valence-electron chi connectivity index (χ4n) is 1.39. The summed E-state index contributed by atoms with van der Waals surface area (Å²) in [6.07, 6.45) is 0. The van der Waals surface area contributed by atoms with Crippen LogP contribution in [0.1, 0.15) is 5.69 Å². The van der Waals surface area contributed by atoms with Crippen LogP contribution >= 0.6 is 0 Å². The molecule has 16 heavy (non-hydrogen) atoms. The van der Waals surface area contributed by atoms with E-state index < -0.39 is 17.5 Å². The number of aromatic nitrogens is 2. The molecular weight excluding hydrogens is 219 g/mol. The van der Waals surface area contributed by atoms with E-state index in [0.717, 1.165) is 16.8 Å². The van der Waals surface area contributed by atoms with Gasteiger partial charge in [0.15, 0.2) is 17.5 Å². The van der Waals surface area contributed by atoms with Gasteiger partial charge >= 0.3 is 0 Å². The molecule has 2 N–H and O–H groups in total. The normalized spacial score (nSPS) is 10.8. The molecule has 3 nitrogen and oxygen atoms in total. The molecule has 0 unspecified atom stereocenters. The van der Waals surface area contributed by atoms with Crippen molar-refractivity contribution < 1.29 is 13.2 Å². The van der Waals surface area contributed by atoms with Gasteiger partial charge in [-0.25, -0.2) is 17.9 Å². The molecule has 84 valence electrons. The zero-order valence-electron chi connectivity index (χ0n) is 8.34. The van der Waals surface area contributed by atoms with Gasteiger partial charge in [-0.2, -0.15) is 5.10 Å². The van der Waals surface area contributed by atoms with Crippen molar-refractivity contribution in [3.8, 4) is 5.69 Å². The van der Waals surface area contributed by atoms with Crippen LogP contribution in [0.5, 0.6) is 0 Å². The van der Waals surface area contributed by atoms with Crippen LogP contribution < -0.4 is 5.73 Å². The molecule has 0 saturated carbocycles. The van der Waals surface area contributed by atoms with Gasteiger partial charge in [0, 0.05) is 18.2 Å². The zero-order chi connectivity index (χ0) is 11.9. The average Bonchev–Trinajstić information content (AvgIpc) is 2.53. The topological polar surface area (TPSA) is 43.8 Å². The van der Waals surface area contributed by atoms with Gasteiger partial charge in [0.25, 0.3) is 0 Å². The number of anilines is 1. The lowest BCUT2D eigenvalue weighted by Crippen LogP contribution is -2.04. The maximum Gasteiger partial charge on any atom is 0.194 e. The number of nitrogens with zero attached hydrogens (tertiary/aromatic N) is 2. The van der Waals surface area contributed by atoms with Crippen molar-refractivity contribution in [1.82, 2.24) is 9.78 Å². The highest BCUT2D eigenvalue weighted by Gasteiger charge is 2.13. The Kier molecular flexibility index (Phi) is 2.34. The highest BCUT2D eigenvalue weighted by atomic mass is 19.2. The minimum absolute atomic E-state index is 0.0435. The van der Waals surface area contributed by atoms with Gasteiger partial charge in [0.05, 0.1) is 11.4 Å². The van der Waals surface area contributed by atoms with Crippen LogP contribution in [-0.4, -0.2) is 9.78 Å². The molecule has 0 radical (unpaired) electrons. The summed E-state index contributed by atoms with van der Waals surface area (Å²) in [7, 11) is 0. The maximum absolute atomic E-state index is 13.0. The lowest BCUT2D eigenvalue weighted by atomic mass is 10.3. The standard InChI is InChI=1S/C10H8F3N3/c1-5-2-9(14)16(15-5)6-3-7(11)10(13)8(12)4-6/h2-4H,14H2,1H3. The van der Waals surface area contributed by atoms with E-state index in [2.05, 4.69) is 5.10 Å². The smallest absolute Gasteiger partial charge is 0.194 e. The second-order valence-electron chi connectivity index (χ2n) is 3.35. The highest BCUT2D eigenvalue weighted by molar-refractivity contribution is 5.43. The number of hydrogen-bond acceptors (Lipinski definition) is 2. The Bertz CT molecular complexity index is 525. The van der Waals surface area contributed by atoms with E-state index in [-0.39, 0.29) is 11.5 Å². The summed E-state index contributed by atoms with van der Waals surface area (Å²) >= 11 is 0. The molecule has 0 aliphatic carbocycles. The summed E-state index contributed by atoms with van der Waals surface area (Å²) in [6, 6.07) is 3.21. The fraction of sp³-hybridized carbons (Fsp3) is 0.100. The molecule has 1 aromatic heterocycles. The Morgan fingerprint density at radius 2 is 1.69 bits per heavy atom. The van der Waals surface area contributed by atoms with E-state index in [1.807, 2.05) is 0 Å². The summed E-state index contributed by atoms with van der Waals surface area (Å²) in [6.45, 7) is 1.68. The lowest BCUT2D eigenvalue weighted by Gasteiger charge is -2.05. The number of nitrogen functional groups attached to an aromatic ring is 1. The quantitative estimate of drug-likeness (QED) is 0.759. The second-order valence-corrected chi connectivity index (χ2v) is 3.35. The molecule has 0 atom stereocenters. The number of aryl methyl sites for hydroxylation is 1. The first-order valence-electron chi connectivity index (χ1n) is 4.46. The lowest BCUT2D eigenvalue weighted by molar-refractivity contribution is 0.446. The highest BCUT2D eigenvalue weighted by Crippen LogP contribution is 2.19. The van der Waals surface area contributed by atoms with Crippen LogP contribution in [0.25, 0.3) is 5.69 Å². The molecular formula is C10H8F3N3.